The molecule has 1 aliphatic rings. The number of halogens is 1. The molecule has 1 saturated heterocycles. The fourth-order valence-corrected chi connectivity index (χ4v) is 1.71. The summed E-state index contributed by atoms with van der Waals surface area (Å²) in [6, 6.07) is 0.0874. The third kappa shape index (κ3) is 2.10. The maximum absolute atomic E-state index is 10.7. The van der Waals surface area contributed by atoms with Gasteiger partial charge in [-0.2, -0.15) is 4.80 Å². The van der Waals surface area contributed by atoms with Crippen LogP contribution in [0.1, 0.15) is 29.4 Å². The van der Waals surface area contributed by atoms with Gasteiger partial charge in [-0.25, -0.2) is 4.79 Å². The van der Waals surface area contributed by atoms with Crippen LogP contribution < -0.4 is 0 Å². The van der Waals surface area contributed by atoms with Crippen molar-refractivity contribution in [2.75, 3.05) is 13.2 Å². The molecule has 1 aromatic heterocycles. The number of aromatic carboxylic acids is 1. The Kier molecular flexibility index (Phi) is 2.88. The number of carbonyl (C=O) groups is 1. The van der Waals surface area contributed by atoms with Crippen LogP contribution >= 0.6 is 11.6 Å². The maximum Gasteiger partial charge on any atom is 0.359 e. The molecular formula is C8H10ClN3O3. The van der Waals surface area contributed by atoms with E-state index in [4.69, 9.17) is 21.4 Å². The normalized spacial score (nSPS) is 17.9. The van der Waals surface area contributed by atoms with Gasteiger partial charge in [0.2, 0.25) is 5.69 Å². The summed E-state index contributed by atoms with van der Waals surface area (Å²) < 4.78 is 5.19. The molecule has 82 valence electrons. The van der Waals surface area contributed by atoms with Crippen molar-refractivity contribution in [1.82, 2.24) is 15.0 Å². The minimum atomic E-state index is -1.15. The Morgan fingerprint density at radius 2 is 2.13 bits per heavy atom. The highest BCUT2D eigenvalue weighted by atomic mass is 35.5. The quantitative estimate of drug-likeness (QED) is 0.821. The Hall–Kier alpha value is -1.14. The zero-order valence-corrected chi connectivity index (χ0v) is 8.65. The smallest absolute Gasteiger partial charge is 0.359 e. The van der Waals surface area contributed by atoms with Gasteiger partial charge < -0.3 is 9.84 Å². The van der Waals surface area contributed by atoms with Gasteiger partial charge in [-0.15, -0.1) is 10.2 Å². The number of carboxylic acid groups (broad SMARTS) is 1. The Bertz CT molecular complexity index is 373. The van der Waals surface area contributed by atoms with Gasteiger partial charge in [-0.05, 0) is 12.8 Å². The second kappa shape index (κ2) is 4.16. The summed E-state index contributed by atoms with van der Waals surface area (Å²) in [5.41, 5.74) is -0.192. The highest BCUT2D eigenvalue weighted by Gasteiger charge is 2.22. The standard InChI is InChI=1S/C8H10ClN3O3/c9-7-6(8(13)14)10-12(11-7)5-1-3-15-4-2-5/h5H,1-4H2,(H,13,14). The van der Waals surface area contributed by atoms with E-state index in [9.17, 15) is 4.79 Å². The minimum absolute atomic E-state index is 0.0611. The number of hydrogen-bond acceptors (Lipinski definition) is 4. The summed E-state index contributed by atoms with van der Waals surface area (Å²) >= 11 is 5.65. The zero-order valence-electron chi connectivity index (χ0n) is 7.89. The lowest BCUT2D eigenvalue weighted by Crippen LogP contribution is -2.21. The summed E-state index contributed by atoms with van der Waals surface area (Å²) in [5.74, 6) is -1.15. The van der Waals surface area contributed by atoms with Gasteiger partial charge in [0.1, 0.15) is 0 Å². The van der Waals surface area contributed by atoms with Crippen LogP contribution in [0, 0.1) is 0 Å². The molecule has 0 radical (unpaired) electrons. The van der Waals surface area contributed by atoms with Crippen LogP contribution in [0.25, 0.3) is 0 Å². The molecule has 0 aliphatic carbocycles. The number of aromatic nitrogens is 3. The zero-order chi connectivity index (χ0) is 10.8. The van der Waals surface area contributed by atoms with Gasteiger partial charge in [0, 0.05) is 13.2 Å². The molecule has 0 aromatic carbocycles. The molecule has 0 spiro atoms. The van der Waals surface area contributed by atoms with E-state index < -0.39 is 5.97 Å². The van der Waals surface area contributed by atoms with E-state index in [-0.39, 0.29) is 16.9 Å². The largest absolute Gasteiger partial charge is 0.476 e. The van der Waals surface area contributed by atoms with Crippen molar-refractivity contribution in [3.63, 3.8) is 0 Å². The molecule has 0 amide bonds. The summed E-state index contributed by atoms with van der Waals surface area (Å²) in [5, 5.41) is 16.4. The fraction of sp³-hybridized carbons (Fsp3) is 0.625. The highest BCUT2D eigenvalue weighted by Crippen LogP contribution is 2.21. The molecular weight excluding hydrogens is 222 g/mol. The van der Waals surface area contributed by atoms with Crippen LogP contribution in [0.4, 0.5) is 0 Å². The molecule has 1 aliphatic heterocycles. The third-order valence-corrected chi connectivity index (χ3v) is 2.56. The van der Waals surface area contributed by atoms with E-state index in [1.807, 2.05) is 0 Å². The van der Waals surface area contributed by atoms with Crippen molar-refractivity contribution in [2.24, 2.45) is 0 Å². The first kappa shape index (κ1) is 10.4. The molecule has 0 bridgehead atoms. The van der Waals surface area contributed by atoms with Crippen molar-refractivity contribution < 1.29 is 14.6 Å². The van der Waals surface area contributed by atoms with E-state index in [0.29, 0.717) is 13.2 Å². The molecule has 1 aromatic rings. The van der Waals surface area contributed by atoms with Crippen LogP contribution in [0.3, 0.4) is 0 Å². The number of ether oxygens (including phenoxy) is 1. The number of nitrogens with zero attached hydrogens (tertiary/aromatic N) is 3. The minimum Gasteiger partial charge on any atom is -0.476 e. The Labute approximate surface area is 90.8 Å². The SMILES string of the molecule is O=C(O)c1nn(C2CCOCC2)nc1Cl. The Balaban J connectivity index is 2.21. The summed E-state index contributed by atoms with van der Waals surface area (Å²) in [4.78, 5) is 12.1. The summed E-state index contributed by atoms with van der Waals surface area (Å²) in [6.45, 7) is 1.29. The van der Waals surface area contributed by atoms with Gasteiger partial charge in [0.25, 0.3) is 0 Å². The predicted octanol–water partition coefficient (Wildman–Crippen LogP) is 0.981. The molecule has 2 rings (SSSR count). The van der Waals surface area contributed by atoms with E-state index in [0.717, 1.165) is 12.8 Å². The summed E-state index contributed by atoms with van der Waals surface area (Å²) in [7, 11) is 0. The van der Waals surface area contributed by atoms with Crippen LogP contribution in [0.15, 0.2) is 0 Å². The average molecular weight is 232 g/mol. The number of carboxylic acids is 1. The summed E-state index contributed by atoms with van der Waals surface area (Å²) in [6.07, 6.45) is 1.56. The van der Waals surface area contributed by atoms with E-state index in [2.05, 4.69) is 10.2 Å². The van der Waals surface area contributed by atoms with E-state index >= 15 is 0 Å². The van der Waals surface area contributed by atoms with Gasteiger partial charge >= 0.3 is 5.97 Å². The van der Waals surface area contributed by atoms with Crippen molar-refractivity contribution in [2.45, 2.75) is 18.9 Å². The van der Waals surface area contributed by atoms with Gasteiger partial charge in [-0.1, -0.05) is 11.6 Å². The lowest BCUT2D eigenvalue weighted by Gasteiger charge is -2.20. The van der Waals surface area contributed by atoms with Crippen LogP contribution in [-0.2, 0) is 4.74 Å². The molecule has 0 saturated carbocycles. The lowest BCUT2D eigenvalue weighted by molar-refractivity contribution is 0.0611. The molecule has 1 fully saturated rings. The predicted molar refractivity (Wildman–Crippen MR) is 51.1 cm³/mol. The van der Waals surface area contributed by atoms with Gasteiger partial charge in [0.05, 0.1) is 6.04 Å². The highest BCUT2D eigenvalue weighted by molar-refractivity contribution is 6.31. The van der Waals surface area contributed by atoms with Gasteiger partial charge in [-0.3, -0.25) is 0 Å². The Morgan fingerprint density at radius 1 is 1.47 bits per heavy atom. The van der Waals surface area contributed by atoms with E-state index in [1.165, 1.54) is 4.80 Å². The molecule has 15 heavy (non-hydrogen) atoms. The van der Waals surface area contributed by atoms with E-state index in [1.54, 1.807) is 0 Å². The average Bonchev–Trinajstić information content (AvgIpc) is 2.62. The Morgan fingerprint density at radius 3 is 2.67 bits per heavy atom. The van der Waals surface area contributed by atoms with Crippen molar-refractivity contribution in [3.05, 3.63) is 10.8 Å². The van der Waals surface area contributed by atoms with Crippen molar-refractivity contribution >= 4 is 17.6 Å². The first-order chi connectivity index (χ1) is 7.18. The first-order valence-electron chi connectivity index (χ1n) is 4.62. The molecule has 7 heteroatoms. The molecule has 6 nitrogen and oxygen atoms in total. The third-order valence-electron chi connectivity index (χ3n) is 2.31. The fourth-order valence-electron chi connectivity index (χ4n) is 1.51. The molecule has 2 heterocycles. The maximum atomic E-state index is 10.7. The van der Waals surface area contributed by atoms with Gasteiger partial charge in [0.15, 0.2) is 5.15 Å². The van der Waals surface area contributed by atoms with Crippen LogP contribution in [-0.4, -0.2) is 39.3 Å². The molecule has 1 N–H and O–H groups in total. The number of hydrogen-bond donors (Lipinski definition) is 1. The monoisotopic (exact) mass is 231 g/mol. The topological polar surface area (TPSA) is 77.2 Å². The first-order valence-corrected chi connectivity index (χ1v) is 4.99. The van der Waals surface area contributed by atoms with Crippen molar-refractivity contribution in [1.29, 1.82) is 0 Å². The lowest BCUT2D eigenvalue weighted by atomic mass is 10.1. The van der Waals surface area contributed by atoms with Crippen LogP contribution in [0.5, 0.6) is 0 Å². The van der Waals surface area contributed by atoms with Crippen LogP contribution in [0.2, 0.25) is 5.15 Å². The van der Waals surface area contributed by atoms with Crippen molar-refractivity contribution in [3.8, 4) is 0 Å². The number of rotatable bonds is 2. The molecule has 0 atom stereocenters. The second-order valence-electron chi connectivity index (χ2n) is 3.31. The second-order valence-corrected chi connectivity index (χ2v) is 3.67. The molecule has 0 unspecified atom stereocenters.